The molecule has 0 fully saturated rings. The lowest BCUT2D eigenvalue weighted by atomic mass is 10.2. The van der Waals surface area contributed by atoms with E-state index in [1.807, 2.05) is 0 Å². The number of aliphatic hydroxyl groups is 2. The van der Waals surface area contributed by atoms with Gasteiger partial charge in [0.15, 0.2) is 0 Å². The van der Waals surface area contributed by atoms with Crippen LogP contribution in [0.15, 0.2) is 29.2 Å². The summed E-state index contributed by atoms with van der Waals surface area (Å²) >= 11 is 0. The zero-order valence-corrected chi connectivity index (χ0v) is 11.7. The molecule has 1 unspecified atom stereocenters. The first kappa shape index (κ1) is 15.7. The lowest BCUT2D eigenvalue weighted by Crippen LogP contribution is -2.33. The third-order valence-corrected chi connectivity index (χ3v) is 4.23. The van der Waals surface area contributed by atoms with Gasteiger partial charge in [0.2, 0.25) is 10.0 Å². The van der Waals surface area contributed by atoms with Crippen molar-refractivity contribution >= 4 is 10.0 Å². The normalized spacial score (nSPS) is 12.9. The number of benzene rings is 1. The minimum Gasteiger partial charge on any atom is -0.392 e. The molecule has 0 spiro atoms. The first-order chi connectivity index (χ1) is 8.87. The quantitative estimate of drug-likeness (QED) is 0.764. The van der Waals surface area contributed by atoms with Gasteiger partial charge in [0.25, 0.3) is 0 Å². The fourth-order valence-corrected chi connectivity index (χ4v) is 2.75. The average molecular weight is 283 g/mol. The molecule has 0 saturated heterocycles. The average Bonchev–Trinajstić information content (AvgIpc) is 2.36. The summed E-state index contributed by atoms with van der Waals surface area (Å²) in [6.07, 6.45) is -0.727. The van der Waals surface area contributed by atoms with Gasteiger partial charge >= 0.3 is 0 Å². The summed E-state index contributed by atoms with van der Waals surface area (Å²) in [5, 5.41) is 17.8. The Kier molecular flexibility index (Phi) is 5.51. The largest absolute Gasteiger partial charge is 0.392 e. The summed E-state index contributed by atoms with van der Waals surface area (Å²) in [7, 11) is -2.18. The van der Waals surface area contributed by atoms with Crippen molar-refractivity contribution in [2.24, 2.45) is 0 Å². The van der Waals surface area contributed by atoms with E-state index in [9.17, 15) is 13.5 Å². The third-order valence-electron chi connectivity index (χ3n) is 2.40. The predicted octanol–water partition coefficient (Wildman–Crippen LogP) is 0.0317. The summed E-state index contributed by atoms with van der Waals surface area (Å²) in [4.78, 5) is 0.144. The standard InChI is InChI=1S/C13H17NO4S/c1-11(16)10-14(2)19(17,18)13-7-5-12(6-8-13)4-3-9-15/h5-8,11,15-16H,9-10H2,1-2H3. The molecule has 0 heterocycles. The fourth-order valence-electron chi connectivity index (χ4n) is 1.50. The van der Waals surface area contributed by atoms with E-state index in [1.54, 1.807) is 12.1 Å². The summed E-state index contributed by atoms with van der Waals surface area (Å²) in [6.45, 7) is 1.32. The van der Waals surface area contributed by atoms with Crippen molar-refractivity contribution in [2.45, 2.75) is 17.9 Å². The maximum absolute atomic E-state index is 12.1. The van der Waals surface area contributed by atoms with E-state index >= 15 is 0 Å². The van der Waals surface area contributed by atoms with Gasteiger partial charge in [0, 0.05) is 19.2 Å². The maximum Gasteiger partial charge on any atom is 0.242 e. The molecule has 19 heavy (non-hydrogen) atoms. The zero-order valence-electron chi connectivity index (χ0n) is 10.9. The lowest BCUT2D eigenvalue weighted by Gasteiger charge is -2.18. The Morgan fingerprint density at radius 1 is 1.32 bits per heavy atom. The minimum atomic E-state index is -3.60. The highest BCUT2D eigenvalue weighted by atomic mass is 32.2. The number of hydrogen-bond donors (Lipinski definition) is 2. The number of nitrogens with zero attached hydrogens (tertiary/aromatic N) is 1. The van der Waals surface area contributed by atoms with Crippen molar-refractivity contribution in [2.75, 3.05) is 20.2 Å². The first-order valence-corrected chi connectivity index (χ1v) is 7.16. The van der Waals surface area contributed by atoms with Crippen molar-refractivity contribution in [1.82, 2.24) is 4.31 Å². The van der Waals surface area contributed by atoms with Crippen LogP contribution in [-0.2, 0) is 10.0 Å². The van der Waals surface area contributed by atoms with E-state index < -0.39 is 16.1 Å². The molecule has 0 aliphatic heterocycles. The maximum atomic E-state index is 12.1. The SMILES string of the molecule is CC(O)CN(C)S(=O)(=O)c1ccc(C#CCO)cc1. The molecular weight excluding hydrogens is 266 g/mol. The zero-order chi connectivity index (χ0) is 14.5. The molecule has 0 aliphatic rings. The Labute approximate surface area is 113 Å². The van der Waals surface area contributed by atoms with Gasteiger partial charge in [-0.1, -0.05) is 11.8 Å². The van der Waals surface area contributed by atoms with Gasteiger partial charge < -0.3 is 10.2 Å². The second kappa shape index (κ2) is 6.68. The van der Waals surface area contributed by atoms with E-state index in [4.69, 9.17) is 5.11 Å². The molecule has 1 aromatic carbocycles. The highest BCUT2D eigenvalue weighted by Crippen LogP contribution is 2.15. The van der Waals surface area contributed by atoms with Crippen LogP contribution in [0.3, 0.4) is 0 Å². The molecule has 0 aliphatic carbocycles. The molecule has 0 radical (unpaired) electrons. The van der Waals surface area contributed by atoms with Crippen LogP contribution in [-0.4, -0.2) is 49.2 Å². The second-order valence-electron chi connectivity index (χ2n) is 4.12. The van der Waals surface area contributed by atoms with Gasteiger partial charge in [-0.25, -0.2) is 8.42 Å². The van der Waals surface area contributed by atoms with Crippen LogP contribution in [0.4, 0.5) is 0 Å². The number of aliphatic hydroxyl groups excluding tert-OH is 2. The number of likely N-dealkylation sites (N-methyl/N-ethyl adjacent to an activating group) is 1. The molecule has 2 N–H and O–H groups in total. The molecule has 0 bridgehead atoms. The molecule has 1 rings (SSSR count). The number of rotatable bonds is 4. The van der Waals surface area contributed by atoms with Crippen molar-refractivity contribution in [3.63, 3.8) is 0 Å². The third kappa shape index (κ3) is 4.33. The fraction of sp³-hybridized carbons (Fsp3) is 0.385. The van der Waals surface area contributed by atoms with Gasteiger partial charge in [-0.3, -0.25) is 0 Å². The summed E-state index contributed by atoms with van der Waals surface area (Å²) in [5.41, 5.74) is 0.631. The van der Waals surface area contributed by atoms with Gasteiger partial charge in [0.1, 0.15) is 6.61 Å². The van der Waals surface area contributed by atoms with Crippen molar-refractivity contribution in [3.05, 3.63) is 29.8 Å². The molecule has 1 atom stereocenters. The number of hydrogen-bond acceptors (Lipinski definition) is 4. The smallest absolute Gasteiger partial charge is 0.242 e. The monoisotopic (exact) mass is 283 g/mol. The highest BCUT2D eigenvalue weighted by Gasteiger charge is 2.21. The summed E-state index contributed by atoms with van der Waals surface area (Å²) in [6, 6.07) is 6.06. The highest BCUT2D eigenvalue weighted by molar-refractivity contribution is 7.89. The van der Waals surface area contributed by atoms with Crippen molar-refractivity contribution in [3.8, 4) is 11.8 Å². The van der Waals surface area contributed by atoms with Crippen LogP contribution in [0.1, 0.15) is 12.5 Å². The Morgan fingerprint density at radius 3 is 2.37 bits per heavy atom. The Bertz CT molecular complexity index is 567. The topological polar surface area (TPSA) is 77.8 Å². The van der Waals surface area contributed by atoms with Crippen LogP contribution in [0.2, 0.25) is 0 Å². The van der Waals surface area contributed by atoms with E-state index in [2.05, 4.69) is 11.8 Å². The van der Waals surface area contributed by atoms with Crippen LogP contribution < -0.4 is 0 Å². The van der Waals surface area contributed by atoms with Crippen molar-refractivity contribution in [1.29, 1.82) is 0 Å². The Balaban J connectivity index is 2.96. The molecule has 0 amide bonds. The van der Waals surface area contributed by atoms with E-state index in [-0.39, 0.29) is 18.0 Å². The summed E-state index contributed by atoms with van der Waals surface area (Å²) in [5.74, 6) is 5.17. The molecule has 1 aromatic rings. The van der Waals surface area contributed by atoms with Crippen LogP contribution in [0.25, 0.3) is 0 Å². The van der Waals surface area contributed by atoms with Crippen LogP contribution >= 0.6 is 0 Å². The van der Waals surface area contributed by atoms with Crippen LogP contribution in [0, 0.1) is 11.8 Å². The van der Waals surface area contributed by atoms with E-state index in [0.29, 0.717) is 5.56 Å². The lowest BCUT2D eigenvalue weighted by molar-refractivity contribution is 0.171. The second-order valence-corrected chi connectivity index (χ2v) is 6.16. The molecule has 6 heteroatoms. The van der Waals surface area contributed by atoms with E-state index in [0.717, 1.165) is 4.31 Å². The first-order valence-electron chi connectivity index (χ1n) is 5.72. The minimum absolute atomic E-state index is 0.0361. The van der Waals surface area contributed by atoms with Gasteiger partial charge in [0.05, 0.1) is 11.0 Å². The van der Waals surface area contributed by atoms with Crippen LogP contribution in [0.5, 0.6) is 0 Å². The van der Waals surface area contributed by atoms with Gasteiger partial charge in [-0.15, -0.1) is 0 Å². The van der Waals surface area contributed by atoms with E-state index in [1.165, 1.54) is 26.1 Å². The van der Waals surface area contributed by atoms with Gasteiger partial charge in [-0.2, -0.15) is 4.31 Å². The van der Waals surface area contributed by atoms with Crippen molar-refractivity contribution < 1.29 is 18.6 Å². The van der Waals surface area contributed by atoms with Gasteiger partial charge in [-0.05, 0) is 31.2 Å². The Hall–Kier alpha value is -1.39. The molecular formula is C13H17NO4S. The molecule has 104 valence electrons. The molecule has 5 nitrogen and oxygen atoms in total. The number of sulfonamides is 1. The Morgan fingerprint density at radius 2 is 1.89 bits per heavy atom. The molecule has 0 saturated carbocycles. The summed E-state index contributed by atoms with van der Waals surface area (Å²) < 4.78 is 25.4. The molecule has 0 aromatic heterocycles. The predicted molar refractivity (Wildman–Crippen MR) is 71.9 cm³/mol.